The van der Waals surface area contributed by atoms with E-state index in [9.17, 15) is 0 Å². The van der Waals surface area contributed by atoms with Crippen LogP contribution in [-0.4, -0.2) is 14.0 Å². The zero-order valence-electron chi connectivity index (χ0n) is 26.1. The summed E-state index contributed by atoms with van der Waals surface area (Å²) in [5.74, 6) is 0. The fourth-order valence-corrected chi connectivity index (χ4v) is 6.75. The van der Waals surface area contributed by atoms with Gasteiger partial charge in [-0.15, -0.1) is 42.0 Å². The van der Waals surface area contributed by atoms with Crippen molar-refractivity contribution in [3.05, 3.63) is 176 Å². The smallest absolute Gasteiger partial charge is 0.333 e. The zero-order valence-corrected chi connectivity index (χ0v) is 28.5. The largest absolute Gasteiger partial charge is 3.00 e. The van der Waals surface area contributed by atoms with Crippen molar-refractivity contribution < 1.29 is 24.7 Å². The number of nitrogens with zero attached hydrogens (tertiary/aromatic N) is 4. The van der Waals surface area contributed by atoms with Gasteiger partial charge in [0.15, 0.2) is 0 Å². The summed E-state index contributed by atoms with van der Waals surface area (Å²) in [5.41, 5.74) is 11.2. The molecule has 4 aromatic heterocycles. The molecule has 0 N–H and O–H groups in total. The Balaban J connectivity index is 0.000000203. The summed E-state index contributed by atoms with van der Waals surface area (Å²) < 4.78 is 6.70. The van der Waals surface area contributed by atoms with Crippen molar-refractivity contribution in [2.75, 3.05) is 0 Å². The summed E-state index contributed by atoms with van der Waals surface area (Å²) in [6.07, 6.45) is 5.50. The van der Waals surface area contributed by atoms with Gasteiger partial charge in [-0.25, -0.2) is 0 Å². The Kier molecular flexibility index (Phi) is 7.57. The van der Waals surface area contributed by atoms with Gasteiger partial charge in [-0.05, 0) is 42.1 Å². The molecule has 0 saturated heterocycles. The Morgan fingerprint density at radius 3 is 2.17 bits per heavy atom. The molecule has 10 rings (SSSR count). The molecule has 6 aromatic carbocycles. The molecule has 4 heterocycles. The summed E-state index contributed by atoms with van der Waals surface area (Å²) in [6, 6.07) is 57.0. The van der Waals surface area contributed by atoms with E-state index in [1.54, 1.807) is 0 Å². The van der Waals surface area contributed by atoms with Crippen molar-refractivity contribution in [2.24, 2.45) is 0 Å². The monoisotopic (exact) mass is 793 g/mol. The van der Waals surface area contributed by atoms with Crippen LogP contribution in [0.5, 0.6) is 0 Å². The standard InChI is InChI=1S/C31H18N3.C12H10N.Ir/c1-2-10-21(11-3-1)32-20-33(27-17-7-6-16-26(27)32)28-18-9-19-29-30(28)24-14-8-13-23-22-12-4-5-15-25(22)34(29)31(23)24;1-10-7-8-12(13-9-10)11-5-3-2-4-6-11;/h1-17,19H;2-5,7-9H,1H3;/q2*-1;+3. The second-order valence-corrected chi connectivity index (χ2v) is 11.7. The van der Waals surface area contributed by atoms with E-state index in [4.69, 9.17) is 0 Å². The van der Waals surface area contributed by atoms with E-state index in [0.29, 0.717) is 0 Å². The van der Waals surface area contributed by atoms with Crippen molar-refractivity contribution in [1.82, 2.24) is 14.0 Å². The van der Waals surface area contributed by atoms with Gasteiger partial charge in [0.2, 0.25) is 0 Å². The Morgan fingerprint density at radius 2 is 1.35 bits per heavy atom. The number of rotatable bonds is 3. The normalized spacial score (nSPS) is 11.3. The molecule has 10 aromatic rings. The maximum atomic E-state index is 4.32. The molecular weight excluding hydrogens is 765 g/mol. The molecule has 0 radical (unpaired) electrons. The number of benzene rings is 6. The van der Waals surface area contributed by atoms with Gasteiger partial charge in [0.05, 0.1) is 22.2 Å². The number of para-hydroxylation sites is 5. The van der Waals surface area contributed by atoms with Gasteiger partial charge in [0, 0.05) is 22.5 Å². The molecule has 0 aliphatic carbocycles. The third-order valence-electron chi connectivity index (χ3n) is 8.86. The van der Waals surface area contributed by atoms with Gasteiger partial charge in [0.25, 0.3) is 6.33 Å². The summed E-state index contributed by atoms with van der Waals surface area (Å²) in [4.78, 5) is 4.32. The average molecular weight is 793 g/mol. The fraction of sp³-hybridized carbons (Fsp3) is 0.0233. The molecule has 48 heavy (non-hydrogen) atoms. The number of imidazole rings is 1. The number of aryl methyl sites for hydroxylation is 1. The first-order chi connectivity index (χ1) is 23.3. The topological polar surface area (TPSA) is 26.1 Å². The number of hydrogen-bond donors (Lipinski definition) is 0. The second kappa shape index (κ2) is 12.2. The first kappa shape index (κ1) is 29.8. The van der Waals surface area contributed by atoms with E-state index >= 15 is 0 Å². The number of hydrogen-bond acceptors (Lipinski definition) is 1. The Labute approximate surface area is 291 Å². The number of pyridine rings is 1. The van der Waals surface area contributed by atoms with Crippen LogP contribution in [0.25, 0.3) is 71.8 Å². The van der Waals surface area contributed by atoms with Crippen LogP contribution in [0.1, 0.15) is 5.56 Å². The van der Waals surface area contributed by atoms with Gasteiger partial charge in [-0.1, -0.05) is 107 Å². The number of fused-ring (bicyclic) bond motifs is 7. The van der Waals surface area contributed by atoms with Crippen molar-refractivity contribution in [3.63, 3.8) is 0 Å². The van der Waals surface area contributed by atoms with Crippen molar-refractivity contribution in [1.29, 1.82) is 0 Å². The SMILES string of the molecule is Cc1ccc(-c2[c-]cccc2)nc1.[Ir+3].[c-]1ccc2c(c1-n1[c-][n+](-c3ccccc3)c3ccccc31)c1cccc3c4ccccc4n2c31. The maximum Gasteiger partial charge on any atom is 3.00 e. The molecule has 0 aliphatic rings. The summed E-state index contributed by atoms with van der Waals surface area (Å²) in [7, 11) is 0. The number of aromatic nitrogens is 4. The first-order valence-electron chi connectivity index (χ1n) is 15.7. The van der Waals surface area contributed by atoms with Crippen LogP contribution in [0, 0.1) is 25.4 Å². The minimum absolute atomic E-state index is 0. The Hall–Kier alpha value is -5.61. The van der Waals surface area contributed by atoms with Crippen LogP contribution in [0.2, 0.25) is 0 Å². The summed E-state index contributed by atoms with van der Waals surface area (Å²) >= 11 is 0. The van der Waals surface area contributed by atoms with Crippen LogP contribution < -0.4 is 4.57 Å². The predicted octanol–water partition coefficient (Wildman–Crippen LogP) is 9.51. The Morgan fingerprint density at radius 1 is 0.604 bits per heavy atom. The van der Waals surface area contributed by atoms with Crippen LogP contribution in [0.15, 0.2) is 152 Å². The first-order valence-corrected chi connectivity index (χ1v) is 15.7. The molecule has 0 unspecified atom stereocenters. The van der Waals surface area contributed by atoms with E-state index in [2.05, 4.69) is 140 Å². The average Bonchev–Trinajstić information content (AvgIpc) is 3.81. The quantitative estimate of drug-likeness (QED) is 0.129. The van der Waals surface area contributed by atoms with E-state index in [1.807, 2.05) is 55.6 Å². The van der Waals surface area contributed by atoms with Crippen molar-refractivity contribution in [3.8, 4) is 22.6 Å². The molecule has 0 atom stereocenters. The maximum absolute atomic E-state index is 4.32. The van der Waals surface area contributed by atoms with Gasteiger partial charge in [0.1, 0.15) is 0 Å². The van der Waals surface area contributed by atoms with Crippen LogP contribution in [0.3, 0.4) is 0 Å². The fourth-order valence-electron chi connectivity index (χ4n) is 6.75. The summed E-state index contributed by atoms with van der Waals surface area (Å²) in [6.45, 7) is 2.03. The molecule has 5 heteroatoms. The molecule has 0 saturated carbocycles. The Bertz CT molecular complexity index is 2670. The van der Waals surface area contributed by atoms with E-state index in [-0.39, 0.29) is 20.1 Å². The van der Waals surface area contributed by atoms with Gasteiger partial charge in [-0.2, -0.15) is 12.1 Å². The molecular formula is C43H28IrN4+. The van der Waals surface area contributed by atoms with Crippen LogP contribution in [-0.2, 0) is 20.1 Å². The molecule has 0 fully saturated rings. The summed E-state index contributed by atoms with van der Waals surface area (Å²) in [5, 5.41) is 5.02. The predicted molar refractivity (Wildman–Crippen MR) is 190 cm³/mol. The van der Waals surface area contributed by atoms with E-state index in [0.717, 1.165) is 33.7 Å². The molecule has 0 amide bonds. The molecule has 0 spiro atoms. The third-order valence-corrected chi connectivity index (χ3v) is 8.86. The molecule has 0 bridgehead atoms. The van der Waals surface area contributed by atoms with Crippen molar-refractivity contribution in [2.45, 2.75) is 6.92 Å². The van der Waals surface area contributed by atoms with Crippen LogP contribution in [0.4, 0.5) is 0 Å². The van der Waals surface area contributed by atoms with Crippen LogP contribution >= 0.6 is 0 Å². The minimum atomic E-state index is 0. The van der Waals surface area contributed by atoms with Gasteiger partial charge >= 0.3 is 20.1 Å². The second-order valence-electron chi connectivity index (χ2n) is 11.7. The van der Waals surface area contributed by atoms with Gasteiger partial charge < -0.3 is 14.0 Å². The van der Waals surface area contributed by atoms with E-state index in [1.165, 1.54) is 43.7 Å². The molecule has 228 valence electrons. The zero-order chi connectivity index (χ0) is 31.3. The third kappa shape index (κ3) is 4.79. The van der Waals surface area contributed by atoms with Gasteiger partial charge in [-0.3, -0.25) is 4.57 Å². The van der Waals surface area contributed by atoms with Crippen molar-refractivity contribution >= 4 is 49.1 Å². The molecule has 0 aliphatic heterocycles. The van der Waals surface area contributed by atoms with E-state index < -0.39 is 0 Å². The molecule has 4 nitrogen and oxygen atoms in total. The minimum Gasteiger partial charge on any atom is -0.333 e.